The molecule has 18 heavy (non-hydrogen) atoms. The summed E-state index contributed by atoms with van der Waals surface area (Å²) in [7, 11) is 0. The van der Waals surface area contributed by atoms with E-state index < -0.39 is 0 Å². The van der Waals surface area contributed by atoms with Crippen molar-refractivity contribution in [2.45, 2.75) is 44.7 Å². The summed E-state index contributed by atoms with van der Waals surface area (Å²) < 4.78 is 0. The van der Waals surface area contributed by atoms with Gasteiger partial charge in [-0.15, -0.1) is 0 Å². The van der Waals surface area contributed by atoms with Gasteiger partial charge in [-0.25, -0.2) is 0 Å². The van der Waals surface area contributed by atoms with Gasteiger partial charge >= 0.3 is 0 Å². The summed E-state index contributed by atoms with van der Waals surface area (Å²) in [4.78, 5) is 2.67. The third-order valence-corrected chi connectivity index (χ3v) is 4.67. The maximum atomic E-state index is 3.79. The zero-order chi connectivity index (χ0) is 12.4. The zero-order valence-electron chi connectivity index (χ0n) is 11.4. The highest BCUT2D eigenvalue weighted by Gasteiger charge is 2.36. The normalized spacial score (nSPS) is 27.6. The summed E-state index contributed by atoms with van der Waals surface area (Å²) in [5.41, 5.74) is 2.92. The van der Waals surface area contributed by atoms with Gasteiger partial charge in [-0.2, -0.15) is 0 Å². The zero-order valence-corrected chi connectivity index (χ0v) is 11.4. The van der Waals surface area contributed by atoms with Crippen LogP contribution in [0.25, 0.3) is 0 Å². The van der Waals surface area contributed by atoms with Crippen molar-refractivity contribution in [2.75, 3.05) is 19.6 Å². The quantitative estimate of drug-likeness (QED) is 0.874. The molecule has 0 spiro atoms. The second-order valence-corrected chi connectivity index (χ2v) is 5.77. The van der Waals surface area contributed by atoms with Crippen LogP contribution in [0.2, 0.25) is 0 Å². The molecule has 2 unspecified atom stereocenters. The molecule has 2 atom stereocenters. The molecule has 3 rings (SSSR count). The van der Waals surface area contributed by atoms with Crippen LogP contribution in [0.3, 0.4) is 0 Å². The number of nitrogens with zero attached hydrogens (tertiary/aromatic N) is 1. The van der Waals surface area contributed by atoms with Gasteiger partial charge in [0.1, 0.15) is 0 Å². The fourth-order valence-corrected chi connectivity index (χ4v) is 3.60. The lowest BCUT2D eigenvalue weighted by atomic mass is 10.0. The van der Waals surface area contributed by atoms with Crippen LogP contribution in [0.1, 0.15) is 30.4 Å². The third-order valence-electron chi connectivity index (χ3n) is 4.67. The smallest absolute Gasteiger partial charge is 0.0250 e. The maximum absolute atomic E-state index is 3.79. The minimum atomic E-state index is 0.747. The van der Waals surface area contributed by atoms with Crippen LogP contribution in [0.4, 0.5) is 0 Å². The number of fused-ring (bicyclic) bond motifs is 1. The van der Waals surface area contributed by atoms with Crippen molar-refractivity contribution >= 4 is 0 Å². The molecular formula is C16H24N2. The minimum Gasteiger partial charge on any atom is -0.312 e. The standard InChI is InChI=1S/C16H24N2/c1-13-5-2-3-6-14(13)8-10-17-15-9-12-18-11-4-7-16(15)18/h2-3,5-6,15-17H,4,7-12H2,1H3. The van der Waals surface area contributed by atoms with Gasteiger partial charge in [0.25, 0.3) is 0 Å². The number of hydrogen-bond donors (Lipinski definition) is 1. The largest absolute Gasteiger partial charge is 0.312 e. The van der Waals surface area contributed by atoms with E-state index in [2.05, 4.69) is 41.4 Å². The summed E-state index contributed by atoms with van der Waals surface area (Å²) in [6.45, 7) is 5.98. The molecule has 0 saturated carbocycles. The fraction of sp³-hybridized carbons (Fsp3) is 0.625. The number of nitrogens with one attached hydrogen (secondary N) is 1. The molecule has 0 bridgehead atoms. The van der Waals surface area contributed by atoms with E-state index in [0.29, 0.717) is 0 Å². The summed E-state index contributed by atoms with van der Waals surface area (Å²) in [6, 6.07) is 10.3. The van der Waals surface area contributed by atoms with E-state index in [0.717, 1.165) is 25.0 Å². The van der Waals surface area contributed by atoms with E-state index in [-0.39, 0.29) is 0 Å². The SMILES string of the molecule is Cc1ccccc1CCNC1CCN2CCCC12. The molecule has 0 aliphatic carbocycles. The molecule has 1 aromatic rings. The lowest BCUT2D eigenvalue weighted by molar-refractivity contribution is 0.299. The Balaban J connectivity index is 1.49. The monoisotopic (exact) mass is 244 g/mol. The maximum Gasteiger partial charge on any atom is 0.0250 e. The number of benzene rings is 1. The number of aryl methyl sites for hydroxylation is 1. The molecule has 2 fully saturated rings. The van der Waals surface area contributed by atoms with Crippen LogP contribution in [0, 0.1) is 6.92 Å². The minimum absolute atomic E-state index is 0.747. The van der Waals surface area contributed by atoms with Crippen LogP contribution in [-0.2, 0) is 6.42 Å². The average molecular weight is 244 g/mol. The highest BCUT2D eigenvalue weighted by Crippen LogP contribution is 2.27. The van der Waals surface area contributed by atoms with Crippen LogP contribution in [-0.4, -0.2) is 36.6 Å². The molecule has 0 amide bonds. The molecule has 2 nitrogen and oxygen atoms in total. The second-order valence-electron chi connectivity index (χ2n) is 5.77. The van der Waals surface area contributed by atoms with Gasteiger partial charge in [-0.05, 0) is 56.8 Å². The molecule has 2 heteroatoms. The van der Waals surface area contributed by atoms with Crippen molar-refractivity contribution in [2.24, 2.45) is 0 Å². The molecule has 2 heterocycles. The molecule has 0 aromatic heterocycles. The topological polar surface area (TPSA) is 15.3 Å². The average Bonchev–Trinajstić information content (AvgIpc) is 2.96. The lowest BCUT2D eigenvalue weighted by Crippen LogP contribution is -2.40. The molecular weight excluding hydrogens is 220 g/mol. The Labute approximate surface area is 110 Å². The summed E-state index contributed by atoms with van der Waals surface area (Å²) in [5.74, 6) is 0. The first-order valence-corrected chi connectivity index (χ1v) is 7.36. The van der Waals surface area contributed by atoms with E-state index >= 15 is 0 Å². The molecule has 1 N–H and O–H groups in total. The predicted molar refractivity (Wildman–Crippen MR) is 75.9 cm³/mol. The van der Waals surface area contributed by atoms with Crippen molar-refractivity contribution in [1.82, 2.24) is 10.2 Å². The van der Waals surface area contributed by atoms with Crippen molar-refractivity contribution in [3.8, 4) is 0 Å². The Bertz CT molecular complexity index is 402. The van der Waals surface area contributed by atoms with E-state index in [9.17, 15) is 0 Å². The van der Waals surface area contributed by atoms with E-state index in [4.69, 9.17) is 0 Å². The van der Waals surface area contributed by atoms with Crippen molar-refractivity contribution in [1.29, 1.82) is 0 Å². The van der Waals surface area contributed by atoms with Gasteiger partial charge in [0.2, 0.25) is 0 Å². The Kier molecular flexibility index (Phi) is 3.67. The van der Waals surface area contributed by atoms with Crippen molar-refractivity contribution in [3.05, 3.63) is 35.4 Å². The summed E-state index contributed by atoms with van der Waals surface area (Å²) >= 11 is 0. The van der Waals surface area contributed by atoms with Gasteiger partial charge in [-0.3, -0.25) is 4.90 Å². The van der Waals surface area contributed by atoms with Crippen LogP contribution in [0.5, 0.6) is 0 Å². The van der Waals surface area contributed by atoms with Crippen LogP contribution in [0.15, 0.2) is 24.3 Å². The molecule has 2 aliphatic heterocycles. The Morgan fingerprint density at radius 3 is 3.00 bits per heavy atom. The summed E-state index contributed by atoms with van der Waals surface area (Å²) in [6.07, 6.45) is 5.32. The Morgan fingerprint density at radius 1 is 1.22 bits per heavy atom. The van der Waals surface area contributed by atoms with E-state index in [1.807, 2.05) is 0 Å². The molecule has 98 valence electrons. The van der Waals surface area contributed by atoms with Gasteiger partial charge in [0.05, 0.1) is 0 Å². The Morgan fingerprint density at radius 2 is 2.11 bits per heavy atom. The predicted octanol–water partition coefficient (Wildman–Crippen LogP) is 2.36. The van der Waals surface area contributed by atoms with Gasteiger partial charge in [0.15, 0.2) is 0 Å². The molecule has 2 saturated heterocycles. The molecule has 0 radical (unpaired) electrons. The summed E-state index contributed by atoms with van der Waals surface area (Å²) in [5, 5.41) is 3.79. The van der Waals surface area contributed by atoms with Crippen molar-refractivity contribution < 1.29 is 0 Å². The van der Waals surface area contributed by atoms with E-state index in [1.165, 1.54) is 43.5 Å². The highest BCUT2D eigenvalue weighted by molar-refractivity contribution is 5.25. The Hall–Kier alpha value is -0.860. The van der Waals surface area contributed by atoms with Gasteiger partial charge in [0, 0.05) is 18.6 Å². The van der Waals surface area contributed by atoms with Crippen LogP contribution >= 0.6 is 0 Å². The van der Waals surface area contributed by atoms with Crippen LogP contribution < -0.4 is 5.32 Å². The first-order valence-electron chi connectivity index (χ1n) is 7.36. The fourth-order valence-electron chi connectivity index (χ4n) is 3.60. The molecule has 1 aromatic carbocycles. The lowest BCUT2D eigenvalue weighted by Gasteiger charge is -2.21. The molecule has 2 aliphatic rings. The van der Waals surface area contributed by atoms with E-state index in [1.54, 1.807) is 0 Å². The second kappa shape index (κ2) is 5.41. The highest BCUT2D eigenvalue weighted by atomic mass is 15.2. The van der Waals surface area contributed by atoms with Gasteiger partial charge < -0.3 is 5.32 Å². The first-order chi connectivity index (χ1) is 8.84. The van der Waals surface area contributed by atoms with Crippen molar-refractivity contribution in [3.63, 3.8) is 0 Å². The number of rotatable bonds is 4. The van der Waals surface area contributed by atoms with Gasteiger partial charge in [-0.1, -0.05) is 24.3 Å². The number of hydrogen-bond acceptors (Lipinski definition) is 2. The first kappa shape index (κ1) is 12.2. The third kappa shape index (κ3) is 2.45.